The van der Waals surface area contributed by atoms with E-state index in [-0.39, 0.29) is 18.1 Å². The van der Waals surface area contributed by atoms with E-state index < -0.39 is 0 Å². The van der Waals surface area contributed by atoms with Crippen LogP contribution in [-0.4, -0.2) is 0 Å². The summed E-state index contributed by atoms with van der Waals surface area (Å²) < 4.78 is 12.9. The Labute approximate surface area is 141 Å². The number of hydrogen-bond donors (Lipinski definition) is 0. The zero-order chi connectivity index (χ0) is 15.9. The van der Waals surface area contributed by atoms with Gasteiger partial charge in [-0.05, 0) is 29.7 Å². The van der Waals surface area contributed by atoms with Gasteiger partial charge in [0.1, 0.15) is 23.7 Å². The van der Waals surface area contributed by atoms with Crippen LogP contribution in [0.1, 0.15) is 28.9 Å². The summed E-state index contributed by atoms with van der Waals surface area (Å²) >= 11 is 0. The Kier molecular flexibility index (Phi) is 3.08. The van der Waals surface area contributed by atoms with Crippen LogP contribution in [0.3, 0.4) is 0 Å². The monoisotopic (exact) mass is 314 g/mol. The van der Waals surface area contributed by atoms with E-state index in [4.69, 9.17) is 9.47 Å². The van der Waals surface area contributed by atoms with E-state index in [0.717, 1.165) is 23.5 Å². The summed E-state index contributed by atoms with van der Waals surface area (Å²) in [6.45, 7) is 0. The fourth-order valence-electron chi connectivity index (χ4n) is 3.94. The molecular formula is C22H18O2. The minimum absolute atomic E-state index is 0.0134. The molecule has 0 aliphatic carbocycles. The SMILES string of the molecule is c1ccc([C@@H]2Oc3ccccc3[C@@H]3Oc4ccccc4C[C@@H]23)cc1. The highest BCUT2D eigenvalue weighted by Crippen LogP contribution is 2.51. The Morgan fingerprint density at radius 2 is 1.29 bits per heavy atom. The molecule has 3 atom stereocenters. The van der Waals surface area contributed by atoms with Crippen LogP contribution in [0.25, 0.3) is 0 Å². The quantitative estimate of drug-likeness (QED) is 0.621. The van der Waals surface area contributed by atoms with Gasteiger partial charge in [0.25, 0.3) is 0 Å². The molecule has 0 saturated carbocycles. The molecule has 0 fully saturated rings. The van der Waals surface area contributed by atoms with E-state index in [1.807, 2.05) is 24.3 Å². The lowest BCUT2D eigenvalue weighted by molar-refractivity contribution is 0.000386. The first kappa shape index (κ1) is 13.7. The molecule has 0 radical (unpaired) electrons. The molecule has 0 aromatic heterocycles. The summed E-state index contributed by atoms with van der Waals surface area (Å²) in [7, 11) is 0. The van der Waals surface area contributed by atoms with Gasteiger partial charge in [-0.2, -0.15) is 0 Å². The maximum Gasteiger partial charge on any atom is 0.134 e. The van der Waals surface area contributed by atoms with E-state index in [1.54, 1.807) is 0 Å². The smallest absolute Gasteiger partial charge is 0.134 e. The average molecular weight is 314 g/mol. The molecule has 2 aliphatic rings. The Morgan fingerprint density at radius 1 is 0.625 bits per heavy atom. The summed E-state index contributed by atoms with van der Waals surface area (Å²) in [5, 5.41) is 0. The molecular weight excluding hydrogens is 296 g/mol. The highest BCUT2D eigenvalue weighted by atomic mass is 16.5. The van der Waals surface area contributed by atoms with Crippen molar-refractivity contribution in [3.8, 4) is 11.5 Å². The summed E-state index contributed by atoms with van der Waals surface area (Å²) in [4.78, 5) is 0. The van der Waals surface area contributed by atoms with E-state index in [2.05, 4.69) is 54.6 Å². The van der Waals surface area contributed by atoms with E-state index in [0.29, 0.717) is 0 Å². The zero-order valence-corrected chi connectivity index (χ0v) is 13.3. The fourth-order valence-corrected chi connectivity index (χ4v) is 3.94. The molecule has 0 N–H and O–H groups in total. The number of benzene rings is 3. The second-order valence-corrected chi connectivity index (χ2v) is 6.50. The number of rotatable bonds is 1. The van der Waals surface area contributed by atoms with Crippen LogP contribution >= 0.6 is 0 Å². The molecule has 0 saturated heterocycles. The van der Waals surface area contributed by atoms with Gasteiger partial charge in [0, 0.05) is 11.5 Å². The van der Waals surface area contributed by atoms with Crippen LogP contribution in [0.2, 0.25) is 0 Å². The molecule has 2 heterocycles. The van der Waals surface area contributed by atoms with Crippen molar-refractivity contribution in [1.82, 2.24) is 0 Å². The van der Waals surface area contributed by atoms with Crippen molar-refractivity contribution in [3.05, 3.63) is 95.6 Å². The molecule has 3 aromatic rings. The van der Waals surface area contributed by atoms with Crippen molar-refractivity contribution in [2.75, 3.05) is 0 Å². The Balaban J connectivity index is 1.65. The van der Waals surface area contributed by atoms with Gasteiger partial charge in [-0.25, -0.2) is 0 Å². The average Bonchev–Trinajstić information content (AvgIpc) is 2.66. The van der Waals surface area contributed by atoms with Crippen molar-refractivity contribution < 1.29 is 9.47 Å². The normalized spacial score (nSPS) is 23.9. The summed E-state index contributed by atoms with van der Waals surface area (Å²) in [5.74, 6) is 2.21. The molecule has 0 spiro atoms. The Bertz CT molecular complexity index is 872. The third-order valence-corrected chi connectivity index (χ3v) is 5.07. The van der Waals surface area contributed by atoms with Crippen LogP contribution in [-0.2, 0) is 6.42 Å². The standard InChI is InChI=1S/C22H18O2/c1-2-8-15(9-3-1)21-18-14-16-10-4-6-12-19(16)23-22(18)17-11-5-7-13-20(17)24-21/h1-13,18,21-22H,14H2/t18-,21-,22-/m0/s1. The first-order valence-electron chi connectivity index (χ1n) is 8.45. The van der Waals surface area contributed by atoms with Gasteiger partial charge in [-0.1, -0.05) is 66.7 Å². The lowest BCUT2D eigenvalue weighted by Gasteiger charge is -2.42. The van der Waals surface area contributed by atoms with Gasteiger partial charge in [0.05, 0.1) is 0 Å². The van der Waals surface area contributed by atoms with Gasteiger partial charge in [-0.3, -0.25) is 0 Å². The Hall–Kier alpha value is -2.74. The number of fused-ring (bicyclic) bond motifs is 4. The predicted molar refractivity (Wildman–Crippen MR) is 93.3 cm³/mol. The van der Waals surface area contributed by atoms with Crippen molar-refractivity contribution in [3.63, 3.8) is 0 Å². The zero-order valence-electron chi connectivity index (χ0n) is 13.3. The molecule has 2 nitrogen and oxygen atoms in total. The second-order valence-electron chi connectivity index (χ2n) is 6.50. The van der Waals surface area contributed by atoms with Crippen LogP contribution in [0.15, 0.2) is 78.9 Å². The molecule has 118 valence electrons. The second kappa shape index (κ2) is 5.41. The van der Waals surface area contributed by atoms with E-state index in [1.165, 1.54) is 11.1 Å². The van der Waals surface area contributed by atoms with Crippen molar-refractivity contribution >= 4 is 0 Å². The molecule has 0 amide bonds. The summed E-state index contributed by atoms with van der Waals surface area (Å²) in [6.07, 6.45) is 1.02. The van der Waals surface area contributed by atoms with E-state index >= 15 is 0 Å². The van der Waals surface area contributed by atoms with Gasteiger partial charge >= 0.3 is 0 Å². The number of hydrogen-bond acceptors (Lipinski definition) is 2. The highest BCUT2D eigenvalue weighted by Gasteiger charge is 2.43. The molecule has 3 aromatic carbocycles. The Morgan fingerprint density at radius 3 is 2.17 bits per heavy atom. The molecule has 2 heteroatoms. The van der Waals surface area contributed by atoms with Crippen LogP contribution in [0, 0.1) is 5.92 Å². The number of para-hydroxylation sites is 2. The third-order valence-electron chi connectivity index (χ3n) is 5.07. The molecule has 2 aliphatic heterocycles. The third kappa shape index (κ3) is 2.10. The van der Waals surface area contributed by atoms with Crippen LogP contribution in [0.4, 0.5) is 0 Å². The highest BCUT2D eigenvalue weighted by molar-refractivity contribution is 5.44. The summed E-state index contributed by atoms with van der Waals surface area (Å²) in [5.41, 5.74) is 3.64. The first-order valence-corrected chi connectivity index (χ1v) is 8.45. The maximum atomic E-state index is 6.43. The van der Waals surface area contributed by atoms with Gasteiger partial charge in [0.2, 0.25) is 0 Å². The maximum absolute atomic E-state index is 6.43. The summed E-state index contributed by atoms with van der Waals surface area (Å²) in [6, 6.07) is 27.1. The van der Waals surface area contributed by atoms with Crippen molar-refractivity contribution in [2.45, 2.75) is 18.6 Å². The van der Waals surface area contributed by atoms with Gasteiger partial charge < -0.3 is 9.47 Å². The minimum Gasteiger partial charge on any atom is -0.485 e. The first-order chi connectivity index (χ1) is 11.9. The predicted octanol–water partition coefficient (Wildman–Crippen LogP) is 5.11. The lowest BCUT2D eigenvalue weighted by Crippen LogP contribution is -2.36. The molecule has 0 bridgehead atoms. The minimum atomic E-state index is 0.0134. The lowest BCUT2D eigenvalue weighted by atomic mass is 9.79. The van der Waals surface area contributed by atoms with E-state index in [9.17, 15) is 0 Å². The topological polar surface area (TPSA) is 18.5 Å². The van der Waals surface area contributed by atoms with Crippen LogP contribution < -0.4 is 9.47 Å². The molecule has 0 unspecified atom stereocenters. The van der Waals surface area contributed by atoms with Crippen LogP contribution in [0.5, 0.6) is 11.5 Å². The molecule has 24 heavy (non-hydrogen) atoms. The van der Waals surface area contributed by atoms with Gasteiger partial charge in [0.15, 0.2) is 0 Å². The number of ether oxygens (including phenoxy) is 2. The molecule has 5 rings (SSSR count). The largest absolute Gasteiger partial charge is 0.485 e. The fraction of sp³-hybridized carbons (Fsp3) is 0.182. The van der Waals surface area contributed by atoms with Gasteiger partial charge in [-0.15, -0.1) is 0 Å². The van der Waals surface area contributed by atoms with Crippen molar-refractivity contribution in [2.24, 2.45) is 5.92 Å². The van der Waals surface area contributed by atoms with Crippen molar-refractivity contribution in [1.29, 1.82) is 0 Å².